The zero-order valence-corrected chi connectivity index (χ0v) is 26.9. The summed E-state index contributed by atoms with van der Waals surface area (Å²) in [6.45, 7) is 22.2. The smallest absolute Gasteiger partial charge is 0.0918 e. The van der Waals surface area contributed by atoms with Crippen molar-refractivity contribution >= 4 is 23.5 Å². The lowest BCUT2D eigenvalue weighted by molar-refractivity contribution is -0.0398. The normalized spacial score (nSPS) is 41.4. The summed E-state index contributed by atoms with van der Waals surface area (Å²) in [5.74, 6) is 5.12. The van der Waals surface area contributed by atoms with Crippen molar-refractivity contribution < 1.29 is 5.11 Å². The quantitative estimate of drug-likeness (QED) is 0.222. The van der Waals surface area contributed by atoms with Crippen molar-refractivity contribution in [3.63, 3.8) is 0 Å². The highest BCUT2D eigenvalue weighted by molar-refractivity contribution is 8.18. The molecule has 0 saturated heterocycles. The van der Waals surface area contributed by atoms with Crippen LogP contribution in [0.1, 0.15) is 133 Å². The highest BCUT2D eigenvalue weighted by Gasteiger charge is 2.67. The fraction of sp³-hybridized carbons (Fsp3) is 0.939. The lowest BCUT2D eigenvalue weighted by Gasteiger charge is -2.58. The fourth-order valence-corrected chi connectivity index (χ4v) is 13.4. The van der Waals surface area contributed by atoms with Gasteiger partial charge >= 0.3 is 0 Å². The van der Waals surface area contributed by atoms with E-state index in [0.717, 1.165) is 35.7 Å². The highest BCUT2D eigenvalue weighted by Crippen LogP contribution is 2.74. The molecule has 0 amide bonds. The standard InChI is InChI=1S/C33H58OS2/c1-10-35-32(9,36-11-2)33(34)22-21-29(6)26-18-20-30(7)25(24(5)14-12-13-23(3)4)17-19-31(30,8)27(26)15-16-28(29)33/h23-25,28,34H,10-22H2,1-9H3/t24-,25-,28+,29-,30-,31+,33-/m1/s1. The molecule has 0 aromatic carbocycles. The van der Waals surface area contributed by atoms with Gasteiger partial charge in [-0.25, -0.2) is 0 Å². The van der Waals surface area contributed by atoms with Crippen molar-refractivity contribution in [1.82, 2.24) is 0 Å². The summed E-state index contributed by atoms with van der Waals surface area (Å²) in [4.78, 5) is 0. The molecule has 2 saturated carbocycles. The van der Waals surface area contributed by atoms with E-state index in [0.29, 0.717) is 16.7 Å². The Labute approximate surface area is 233 Å². The average Bonchev–Trinajstić information content (AvgIpc) is 3.25. The van der Waals surface area contributed by atoms with Crippen LogP contribution in [0.3, 0.4) is 0 Å². The molecule has 0 unspecified atom stereocenters. The molecule has 1 N–H and O–H groups in total. The van der Waals surface area contributed by atoms with Crippen molar-refractivity contribution in [2.45, 2.75) is 143 Å². The summed E-state index contributed by atoms with van der Waals surface area (Å²) in [6, 6.07) is 0. The van der Waals surface area contributed by atoms with Crippen molar-refractivity contribution in [2.24, 2.45) is 39.9 Å². The molecule has 36 heavy (non-hydrogen) atoms. The van der Waals surface area contributed by atoms with Gasteiger partial charge in [-0.1, -0.05) is 85.8 Å². The van der Waals surface area contributed by atoms with Gasteiger partial charge in [0, 0.05) is 0 Å². The maximum Gasteiger partial charge on any atom is 0.0918 e. The van der Waals surface area contributed by atoms with Gasteiger partial charge in [0.1, 0.15) is 0 Å². The Morgan fingerprint density at radius 2 is 1.56 bits per heavy atom. The SMILES string of the molecule is CCSC(C)(SCC)[C@@]1(O)CC[C@]2(C)C3=C(CC[C@H]12)[C@]1(C)CC[C@H]([C@H](C)CCCC(C)C)[C@@]1(C)CC3. The molecule has 0 aromatic heterocycles. The second kappa shape index (κ2) is 10.4. The lowest BCUT2D eigenvalue weighted by Crippen LogP contribution is -2.55. The first-order valence-electron chi connectivity index (χ1n) is 15.6. The second-order valence-electron chi connectivity index (χ2n) is 14.4. The Balaban J connectivity index is 1.63. The van der Waals surface area contributed by atoms with E-state index in [1.54, 1.807) is 0 Å². The zero-order valence-electron chi connectivity index (χ0n) is 25.3. The van der Waals surface area contributed by atoms with Crippen LogP contribution < -0.4 is 0 Å². The molecule has 0 radical (unpaired) electrons. The molecule has 0 spiro atoms. The lowest BCUT2D eigenvalue weighted by atomic mass is 9.48. The number of allylic oxidation sites excluding steroid dienone is 2. The summed E-state index contributed by atoms with van der Waals surface area (Å²) < 4.78 is -0.103. The van der Waals surface area contributed by atoms with Crippen LogP contribution in [0.25, 0.3) is 0 Å². The molecule has 7 atom stereocenters. The molecule has 4 aliphatic rings. The maximum absolute atomic E-state index is 12.5. The monoisotopic (exact) mass is 534 g/mol. The number of fused-ring (bicyclic) bond motifs is 4. The van der Waals surface area contributed by atoms with E-state index in [1.807, 2.05) is 34.7 Å². The molecule has 0 aliphatic heterocycles. The van der Waals surface area contributed by atoms with Gasteiger partial charge in [-0.15, -0.1) is 23.5 Å². The Kier molecular flexibility index (Phi) is 8.51. The van der Waals surface area contributed by atoms with Gasteiger partial charge in [-0.3, -0.25) is 0 Å². The van der Waals surface area contributed by atoms with E-state index in [2.05, 4.69) is 62.3 Å². The van der Waals surface area contributed by atoms with Crippen LogP contribution in [0.5, 0.6) is 0 Å². The van der Waals surface area contributed by atoms with E-state index >= 15 is 0 Å². The minimum atomic E-state index is -0.563. The Morgan fingerprint density at radius 3 is 2.17 bits per heavy atom. The molecule has 0 aromatic rings. The first-order valence-corrected chi connectivity index (χ1v) is 17.5. The number of hydrogen-bond acceptors (Lipinski definition) is 3. The molecule has 208 valence electrons. The van der Waals surface area contributed by atoms with Gasteiger partial charge in [0.25, 0.3) is 0 Å². The van der Waals surface area contributed by atoms with Crippen LogP contribution in [0, 0.1) is 39.9 Å². The van der Waals surface area contributed by atoms with E-state index in [4.69, 9.17) is 0 Å². The second-order valence-corrected chi connectivity index (χ2v) is 18.0. The van der Waals surface area contributed by atoms with Crippen molar-refractivity contribution in [1.29, 1.82) is 0 Å². The maximum atomic E-state index is 12.5. The minimum absolute atomic E-state index is 0.103. The first-order chi connectivity index (χ1) is 16.8. The van der Waals surface area contributed by atoms with Gasteiger partial charge in [0.2, 0.25) is 0 Å². The van der Waals surface area contributed by atoms with Gasteiger partial charge in [-0.2, -0.15) is 0 Å². The fourth-order valence-electron chi connectivity index (χ4n) is 10.2. The topological polar surface area (TPSA) is 20.2 Å². The van der Waals surface area contributed by atoms with Gasteiger partial charge in [-0.05, 0) is 110 Å². The molecular weight excluding hydrogens is 476 g/mol. The molecule has 1 nitrogen and oxygen atoms in total. The number of rotatable bonds is 10. The summed E-state index contributed by atoms with van der Waals surface area (Å²) in [6.07, 6.45) is 14.3. The van der Waals surface area contributed by atoms with Crippen LogP contribution in [0.2, 0.25) is 0 Å². The van der Waals surface area contributed by atoms with Gasteiger partial charge < -0.3 is 5.11 Å². The number of hydrogen-bond donors (Lipinski definition) is 1. The predicted molar refractivity (Wildman–Crippen MR) is 163 cm³/mol. The van der Waals surface area contributed by atoms with Crippen LogP contribution in [-0.2, 0) is 0 Å². The number of aliphatic hydroxyl groups is 1. The molecule has 2 fully saturated rings. The summed E-state index contributed by atoms with van der Waals surface area (Å²) in [7, 11) is 0. The van der Waals surface area contributed by atoms with E-state index in [9.17, 15) is 5.11 Å². The Hall–Kier alpha value is 0.400. The number of thioether (sulfide) groups is 2. The third-order valence-corrected chi connectivity index (χ3v) is 15.5. The highest BCUT2D eigenvalue weighted by atomic mass is 32.2. The molecule has 0 bridgehead atoms. The summed E-state index contributed by atoms with van der Waals surface area (Å²) in [5, 5.41) is 12.5. The third-order valence-electron chi connectivity index (χ3n) is 12.5. The molecular formula is C33H58OS2. The van der Waals surface area contributed by atoms with Crippen LogP contribution >= 0.6 is 23.5 Å². The van der Waals surface area contributed by atoms with Crippen molar-refractivity contribution in [3.05, 3.63) is 11.1 Å². The van der Waals surface area contributed by atoms with Crippen LogP contribution in [0.15, 0.2) is 11.1 Å². The first kappa shape index (κ1) is 29.4. The molecule has 4 aliphatic carbocycles. The third kappa shape index (κ3) is 4.31. The molecule has 3 heteroatoms. The average molecular weight is 535 g/mol. The van der Waals surface area contributed by atoms with Gasteiger partial charge in [0.15, 0.2) is 0 Å². The summed E-state index contributed by atoms with van der Waals surface area (Å²) in [5.41, 5.74) is 4.12. The largest absolute Gasteiger partial charge is 0.387 e. The van der Waals surface area contributed by atoms with Gasteiger partial charge in [0.05, 0.1) is 9.68 Å². The molecule has 4 rings (SSSR count). The van der Waals surface area contributed by atoms with Crippen LogP contribution in [0.4, 0.5) is 0 Å². The van der Waals surface area contributed by atoms with Crippen LogP contribution in [-0.4, -0.2) is 26.3 Å². The van der Waals surface area contributed by atoms with Crippen molar-refractivity contribution in [3.8, 4) is 0 Å². The predicted octanol–water partition coefficient (Wildman–Crippen LogP) is 10.1. The minimum Gasteiger partial charge on any atom is -0.387 e. The zero-order chi connectivity index (χ0) is 26.6. The Bertz CT molecular complexity index is 828. The van der Waals surface area contributed by atoms with E-state index < -0.39 is 5.60 Å². The van der Waals surface area contributed by atoms with Crippen molar-refractivity contribution in [2.75, 3.05) is 11.5 Å². The Morgan fingerprint density at radius 1 is 0.889 bits per heavy atom. The molecule has 0 heterocycles. The van der Waals surface area contributed by atoms with E-state index in [1.165, 1.54) is 64.2 Å². The summed E-state index contributed by atoms with van der Waals surface area (Å²) >= 11 is 4.01. The van der Waals surface area contributed by atoms with E-state index in [-0.39, 0.29) is 9.49 Å².